The third-order valence-electron chi connectivity index (χ3n) is 1.33. The average Bonchev–Trinajstić information content (AvgIpc) is 1.85. The van der Waals surface area contributed by atoms with E-state index in [0.717, 1.165) is 6.66 Å². The predicted molar refractivity (Wildman–Crippen MR) is 42.0 cm³/mol. The van der Waals surface area contributed by atoms with Crippen LogP contribution in [0.2, 0.25) is 0 Å². The highest BCUT2D eigenvalue weighted by Crippen LogP contribution is 2.41. The van der Waals surface area contributed by atoms with E-state index < -0.39 is 31.6 Å². The minimum atomic E-state index is -3.64. The van der Waals surface area contributed by atoms with Gasteiger partial charge in [0.1, 0.15) is 11.9 Å². The van der Waals surface area contributed by atoms with Gasteiger partial charge in [0.15, 0.2) is 0 Å². The molecule has 0 aromatic heterocycles. The van der Waals surface area contributed by atoms with Gasteiger partial charge in [0.25, 0.3) is 0 Å². The second-order valence-electron chi connectivity index (χ2n) is 2.60. The van der Waals surface area contributed by atoms with E-state index in [9.17, 15) is 9.36 Å². The van der Waals surface area contributed by atoms with Gasteiger partial charge >= 0.3 is 5.97 Å². The molecule has 0 amide bonds. The summed E-state index contributed by atoms with van der Waals surface area (Å²) in [5.41, 5.74) is 5.02. The molecule has 3 atom stereocenters. The number of carboxylic acids is 1. The fourth-order valence-electron chi connectivity index (χ4n) is 0.524. The SMILES string of the molecule is CP(=O)(O)C(O)CC(N)C(=O)O. The zero-order chi connectivity index (χ0) is 9.94. The number of nitrogens with two attached hydrogens (primary N) is 1. The second kappa shape index (κ2) is 4.00. The molecule has 0 heterocycles. The molecule has 5 N–H and O–H groups in total. The maximum atomic E-state index is 10.7. The van der Waals surface area contributed by atoms with E-state index in [1.165, 1.54) is 0 Å². The lowest BCUT2D eigenvalue weighted by atomic mass is 10.2. The second-order valence-corrected chi connectivity index (χ2v) is 5.09. The lowest BCUT2D eigenvalue weighted by Gasteiger charge is -2.15. The van der Waals surface area contributed by atoms with Crippen LogP contribution in [0, 0.1) is 0 Å². The third kappa shape index (κ3) is 3.82. The third-order valence-corrected chi connectivity index (χ3v) is 2.65. The summed E-state index contributed by atoms with van der Waals surface area (Å²) < 4.78 is 10.7. The van der Waals surface area contributed by atoms with Crippen LogP contribution in [0.4, 0.5) is 0 Å². The zero-order valence-corrected chi connectivity index (χ0v) is 7.44. The standard InChI is InChI=1S/C5H12NO5P/c1-12(10,11)4(7)2-3(6)5(8)9/h3-4,7H,2,6H2,1H3,(H,8,9)(H,10,11). The van der Waals surface area contributed by atoms with Gasteiger partial charge in [-0.2, -0.15) is 0 Å². The van der Waals surface area contributed by atoms with Gasteiger partial charge in [-0.1, -0.05) is 0 Å². The lowest BCUT2D eigenvalue weighted by molar-refractivity contribution is -0.139. The summed E-state index contributed by atoms with van der Waals surface area (Å²) in [7, 11) is -3.64. The van der Waals surface area contributed by atoms with Crippen molar-refractivity contribution in [3.63, 3.8) is 0 Å². The number of aliphatic hydroxyl groups excluding tert-OH is 1. The van der Waals surface area contributed by atoms with Crippen molar-refractivity contribution in [3.05, 3.63) is 0 Å². The molecule has 0 saturated carbocycles. The van der Waals surface area contributed by atoms with Gasteiger partial charge < -0.3 is 20.8 Å². The number of hydrogen-bond acceptors (Lipinski definition) is 4. The van der Waals surface area contributed by atoms with Crippen molar-refractivity contribution in [2.24, 2.45) is 5.73 Å². The summed E-state index contributed by atoms with van der Waals surface area (Å²) in [5.74, 6) is -2.87. The molecule has 7 heteroatoms. The summed E-state index contributed by atoms with van der Waals surface area (Å²) >= 11 is 0. The fourth-order valence-corrected chi connectivity index (χ4v) is 1.14. The molecule has 0 aromatic carbocycles. The van der Waals surface area contributed by atoms with Crippen LogP contribution in [0.25, 0.3) is 0 Å². The molecule has 0 aliphatic rings. The zero-order valence-electron chi connectivity index (χ0n) is 6.54. The first-order valence-electron chi connectivity index (χ1n) is 3.21. The molecule has 6 nitrogen and oxygen atoms in total. The van der Waals surface area contributed by atoms with E-state index in [2.05, 4.69) is 0 Å². The fraction of sp³-hybridized carbons (Fsp3) is 0.800. The van der Waals surface area contributed by atoms with E-state index in [1.54, 1.807) is 0 Å². The molecule has 0 aromatic rings. The van der Waals surface area contributed by atoms with Crippen molar-refractivity contribution in [3.8, 4) is 0 Å². The minimum absolute atomic E-state index is 0.417. The van der Waals surface area contributed by atoms with E-state index >= 15 is 0 Å². The van der Waals surface area contributed by atoms with Crippen LogP contribution < -0.4 is 5.73 Å². The van der Waals surface area contributed by atoms with Crippen LogP contribution in [0.15, 0.2) is 0 Å². The maximum Gasteiger partial charge on any atom is 0.320 e. The molecule has 0 spiro atoms. The molecule has 0 saturated heterocycles. The summed E-state index contributed by atoms with van der Waals surface area (Å²) in [6.45, 7) is 0.951. The van der Waals surface area contributed by atoms with Crippen LogP contribution in [-0.4, -0.2) is 39.6 Å². The molecule has 0 aliphatic carbocycles. The van der Waals surface area contributed by atoms with Crippen LogP contribution in [-0.2, 0) is 9.36 Å². The Labute approximate surface area is 69.5 Å². The summed E-state index contributed by atoms with van der Waals surface area (Å²) in [6, 6.07) is -1.31. The number of aliphatic hydroxyl groups is 1. The number of carbonyl (C=O) groups is 1. The van der Waals surface area contributed by atoms with E-state index in [4.69, 9.17) is 20.8 Å². The normalized spacial score (nSPS) is 21.0. The molecule has 0 bridgehead atoms. The van der Waals surface area contributed by atoms with Crippen molar-refractivity contribution < 1.29 is 24.5 Å². The summed E-state index contributed by atoms with van der Waals surface area (Å²) in [5, 5.41) is 17.2. The van der Waals surface area contributed by atoms with Gasteiger partial charge in [0.05, 0.1) is 0 Å². The molecular formula is C5H12NO5P. The van der Waals surface area contributed by atoms with Crippen molar-refractivity contribution in [1.82, 2.24) is 0 Å². The Morgan fingerprint density at radius 1 is 1.67 bits per heavy atom. The van der Waals surface area contributed by atoms with Crippen LogP contribution >= 0.6 is 7.37 Å². The van der Waals surface area contributed by atoms with Crippen LogP contribution in [0.5, 0.6) is 0 Å². The summed E-state index contributed by atoms with van der Waals surface area (Å²) in [4.78, 5) is 18.9. The largest absolute Gasteiger partial charge is 0.480 e. The van der Waals surface area contributed by atoms with Gasteiger partial charge in [-0.15, -0.1) is 0 Å². The van der Waals surface area contributed by atoms with Crippen molar-refractivity contribution in [2.75, 3.05) is 6.66 Å². The van der Waals surface area contributed by atoms with E-state index in [1.807, 2.05) is 0 Å². The molecule has 12 heavy (non-hydrogen) atoms. The van der Waals surface area contributed by atoms with Gasteiger partial charge in [-0.3, -0.25) is 9.36 Å². The van der Waals surface area contributed by atoms with Crippen molar-refractivity contribution in [2.45, 2.75) is 18.3 Å². The van der Waals surface area contributed by atoms with Crippen LogP contribution in [0.1, 0.15) is 6.42 Å². The molecule has 0 radical (unpaired) electrons. The molecule has 0 rings (SSSR count). The highest BCUT2D eigenvalue weighted by Gasteiger charge is 2.27. The Bertz CT molecular complexity index is 212. The average molecular weight is 197 g/mol. The minimum Gasteiger partial charge on any atom is -0.480 e. The van der Waals surface area contributed by atoms with Gasteiger partial charge in [-0.25, -0.2) is 0 Å². The molecule has 72 valence electrons. The quantitative estimate of drug-likeness (QED) is 0.429. The number of rotatable bonds is 4. The first-order chi connectivity index (χ1) is 5.25. The topological polar surface area (TPSA) is 121 Å². The number of aliphatic carboxylic acids is 1. The Balaban J connectivity index is 4.11. The smallest absolute Gasteiger partial charge is 0.320 e. The predicted octanol–water partition coefficient (Wildman–Crippen LogP) is -0.993. The number of hydrogen-bond donors (Lipinski definition) is 4. The molecule has 0 aliphatic heterocycles. The van der Waals surface area contributed by atoms with Gasteiger partial charge in [0, 0.05) is 13.1 Å². The van der Waals surface area contributed by atoms with Crippen molar-refractivity contribution in [1.29, 1.82) is 0 Å². The van der Waals surface area contributed by atoms with Gasteiger partial charge in [0.2, 0.25) is 7.37 Å². The number of carboxylic acid groups (broad SMARTS) is 1. The Morgan fingerprint density at radius 3 is 2.33 bits per heavy atom. The Kier molecular flexibility index (Phi) is 3.86. The highest BCUT2D eigenvalue weighted by molar-refractivity contribution is 7.57. The Morgan fingerprint density at radius 2 is 2.08 bits per heavy atom. The first-order valence-corrected chi connectivity index (χ1v) is 5.39. The Hall–Kier alpha value is -0.420. The first kappa shape index (κ1) is 11.6. The van der Waals surface area contributed by atoms with Crippen molar-refractivity contribution >= 4 is 13.3 Å². The summed E-state index contributed by atoms with van der Waals surface area (Å²) in [6.07, 6.45) is -0.417. The molecule has 0 fully saturated rings. The van der Waals surface area contributed by atoms with Gasteiger partial charge in [-0.05, 0) is 0 Å². The highest BCUT2D eigenvalue weighted by atomic mass is 31.2. The van der Waals surface area contributed by atoms with Crippen LogP contribution in [0.3, 0.4) is 0 Å². The van der Waals surface area contributed by atoms with E-state index in [0.29, 0.717) is 0 Å². The molecular weight excluding hydrogens is 185 g/mol. The maximum absolute atomic E-state index is 10.7. The lowest BCUT2D eigenvalue weighted by Crippen LogP contribution is -2.33. The van der Waals surface area contributed by atoms with E-state index in [-0.39, 0.29) is 0 Å². The monoisotopic (exact) mass is 197 g/mol. The molecule has 3 unspecified atom stereocenters.